The number of carbonyl (C=O) groups is 1. The lowest BCUT2D eigenvalue weighted by Crippen LogP contribution is -2.42. The highest BCUT2D eigenvalue weighted by Crippen LogP contribution is 2.29. The highest BCUT2D eigenvalue weighted by Gasteiger charge is 2.24. The Morgan fingerprint density at radius 3 is 2.96 bits per heavy atom. The molecule has 2 N–H and O–H groups in total. The second kappa shape index (κ2) is 8.63. The highest BCUT2D eigenvalue weighted by atomic mass is 16.3. The van der Waals surface area contributed by atoms with Gasteiger partial charge in [-0.3, -0.25) is 9.69 Å². The number of nitrogens with one attached hydrogen (secondary N) is 1. The van der Waals surface area contributed by atoms with Gasteiger partial charge >= 0.3 is 0 Å². The van der Waals surface area contributed by atoms with Crippen molar-refractivity contribution in [1.29, 1.82) is 0 Å². The molecule has 1 saturated heterocycles. The molecule has 1 aliphatic heterocycles. The van der Waals surface area contributed by atoms with Gasteiger partial charge in [0.15, 0.2) is 0 Å². The minimum absolute atomic E-state index is 0.157. The van der Waals surface area contributed by atoms with Crippen LogP contribution in [0.3, 0.4) is 0 Å². The summed E-state index contributed by atoms with van der Waals surface area (Å²) in [6, 6.07) is 9.11. The van der Waals surface area contributed by atoms with Crippen molar-refractivity contribution in [2.45, 2.75) is 63.5 Å². The Morgan fingerprint density at radius 1 is 1.21 bits per heavy atom. The van der Waals surface area contributed by atoms with Crippen LogP contribution in [-0.4, -0.2) is 41.7 Å². The maximum Gasteiger partial charge on any atom is 0.221 e. The van der Waals surface area contributed by atoms with Gasteiger partial charge < -0.3 is 10.4 Å². The van der Waals surface area contributed by atoms with Gasteiger partial charge in [0, 0.05) is 25.6 Å². The Hall–Kier alpha value is -1.39. The van der Waals surface area contributed by atoms with E-state index < -0.39 is 0 Å². The number of rotatable bonds is 6. The van der Waals surface area contributed by atoms with E-state index in [1.807, 2.05) is 0 Å². The van der Waals surface area contributed by atoms with Gasteiger partial charge in [0.25, 0.3) is 0 Å². The number of benzene rings is 1. The van der Waals surface area contributed by atoms with Crippen LogP contribution in [0.2, 0.25) is 0 Å². The largest absolute Gasteiger partial charge is 0.396 e. The van der Waals surface area contributed by atoms with Crippen molar-refractivity contribution >= 4 is 5.91 Å². The Bertz CT molecular complexity index is 544. The number of amides is 1. The first-order valence-electron chi connectivity index (χ1n) is 9.50. The predicted octanol–water partition coefficient (Wildman–Crippen LogP) is 2.81. The van der Waals surface area contributed by atoms with Crippen LogP contribution >= 0.6 is 0 Å². The number of carbonyl (C=O) groups excluding carboxylic acids is 1. The number of fused-ring (bicyclic) bond motifs is 1. The van der Waals surface area contributed by atoms with Gasteiger partial charge in [-0.15, -0.1) is 0 Å². The van der Waals surface area contributed by atoms with Crippen molar-refractivity contribution in [3.63, 3.8) is 0 Å². The molecule has 24 heavy (non-hydrogen) atoms. The minimum atomic E-state index is 0.157. The lowest BCUT2D eigenvalue weighted by molar-refractivity contribution is -0.122. The summed E-state index contributed by atoms with van der Waals surface area (Å²) in [4.78, 5) is 14.8. The van der Waals surface area contributed by atoms with Crippen LogP contribution in [0.25, 0.3) is 0 Å². The standard InChI is InChI=1S/C20H30N2O2/c23-15-12-17-8-3-4-13-22(17)14-11-20(24)21-19-10-5-7-16-6-1-2-9-18(16)19/h1-2,6,9,17,19,23H,3-5,7-8,10-15H2,(H,21,24). The van der Waals surface area contributed by atoms with E-state index in [9.17, 15) is 9.90 Å². The average molecular weight is 330 g/mol. The fraction of sp³-hybridized carbons (Fsp3) is 0.650. The molecule has 1 fully saturated rings. The van der Waals surface area contributed by atoms with Crippen molar-refractivity contribution in [2.75, 3.05) is 19.7 Å². The number of aliphatic hydroxyl groups is 1. The third-order valence-corrected chi connectivity index (χ3v) is 5.54. The maximum atomic E-state index is 12.4. The van der Waals surface area contributed by atoms with Gasteiger partial charge in [-0.05, 0) is 56.2 Å². The molecule has 1 heterocycles. The number of aryl methyl sites for hydroxylation is 1. The quantitative estimate of drug-likeness (QED) is 0.843. The normalized spacial score (nSPS) is 24.4. The van der Waals surface area contributed by atoms with Crippen molar-refractivity contribution in [1.82, 2.24) is 10.2 Å². The van der Waals surface area contributed by atoms with Gasteiger partial charge in [-0.2, -0.15) is 0 Å². The summed E-state index contributed by atoms with van der Waals surface area (Å²) < 4.78 is 0. The van der Waals surface area contributed by atoms with Crippen molar-refractivity contribution in [2.24, 2.45) is 0 Å². The molecule has 2 unspecified atom stereocenters. The third-order valence-electron chi connectivity index (χ3n) is 5.54. The molecule has 2 aliphatic rings. The number of nitrogens with zero attached hydrogens (tertiary/aromatic N) is 1. The van der Waals surface area contributed by atoms with E-state index >= 15 is 0 Å². The summed E-state index contributed by atoms with van der Waals surface area (Å²) in [6.07, 6.45) is 8.30. The summed E-state index contributed by atoms with van der Waals surface area (Å²) in [7, 11) is 0. The van der Waals surface area contributed by atoms with Crippen LogP contribution < -0.4 is 5.32 Å². The van der Waals surface area contributed by atoms with Crippen LogP contribution in [0, 0.1) is 0 Å². The summed E-state index contributed by atoms with van der Waals surface area (Å²) in [6.45, 7) is 2.11. The summed E-state index contributed by atoms with van der Waals surface area (Å²) in [5, 5.41) is 12.5. The van der Waals surface area contributed by atoms with Crippen LogP contribution in [0.1, 0.15) is 62.1 Å². The van der Waals surface area contributed by atoms with Crippen molar-refractivity contribution in [3.8, 4) is 0 Å². The van der Waals surface area contributed by atoms with Gasteiger partial charge in [0.05, 0.1) is 6.04 Å². The molecule has 132 valence electrons. The fourth-order valence-corrected chi connectivity index (χ4v) is 4.25. The van der Waals surface area contributed by atoms with E-state index in [1.54, 1.807) is 0 Å². The number of piperidine rings is 1. The SMILES string of the molecule is O=C(CCN1CCCCC1CCO)NC1CCCc2ccccc21. The Kier molecular flexibility index (Phi) is 6.27. The first-order chi connectivity index (χ1) is 11.8. The van der Waals surface area contributed by atoms with Gasteiger partial charge in [0.2, 0.25) is 5.91 Å². The van der Waals surface area contributed by atoms with E-state index in [0.29, 0.717) is 12.5 Å². The Morgan fingerprint density at radius 2 is 2.08 bits per heavy atom. The molecule has 1 aliphatic carbocycles. The number of likely N-dealkylation sites (tertiary alicyclic amines) is 1. The Balaban J connectivity index is 1.51. The third kappa shape index (κ3) is 4.37. The van der Waals surface area contributed by atoms with E-state index in [-0.39, 0.29) is 18.6 Å². The van der Waals surface area contributed by atoms with E-state index in [0.717, 1.165) is 45.2 Å². The molecule has 0 bridgehead atoms. The summed E-state index contributed by atoms with van der Waals surface area (Å²) in [5.41, 5.74) is 2.68. The lowest BCUT2D eigenvalue weighted by atomic mass is 9.87. The van der Waals surface area contributed by atoms with Crippen LogP contribution in [0.5, 0.6) is 0 Å². The highest BCUT2D eigenvalue weighted by molar-refractivity contribution is 5.76. The zero-order chi connectivity index (χ0) is 16.8. The van der Waals surface area contributed by atoms with Gasteiger partial charge in [-0.1, -0.05) is 30.7 Å². The molecule has 2 atom stereocenters. The van der Waals surface area contributed by atoms with E-state index in [1.165, 1.54) is 24.0 Å². The molecule has 0 spiro atoms. The predicted molar refractivity (Wildman–Crippen MR) is 95.8 cm³/mol. The zero-order valence-corrected chi connectivity index (χ0v) is 14.5. The molecule has 0 aromatic heterocycles. The molecular weight excluding hydrogens is 300 g/mol. The Labute approximate surface area is 145 Å². The molecular formula is C20H30N2O2. The topological polar surface area (TPSA) is 52.6 Å². The van der Waals surface area contributed by atoms with Crippen LogP contribution in [0.4, 0.5) is 0 Å². The first-order valence-corrected chi connectivity index (χ1v) is 9.50. The summed E-state index contributed by atoms with van der Waals surface area (Å²) >= 11 is 0. The van der Waals surface area contributed by atoms with Crippen LogP contribution in [-0.2, 0) is 11.2 Å². The van der Waals surface area contributed by atoms with Crippen molar-refractivity contribution < 1.29 is 9.90 Å². The molecule has 1 amide bonds. The molecule has 4 nitrogen and oxygen atoms in total. The second-order valence-corrected chi connectivity index (χ2v) is 7.16. The summed E-state index contributed by atoms with van der Waals surface area (Å²) in [5.74, 6) is 0.157. The average Bonchev–Trinajstić information content (AvgIpc) is 2.62. The fourth-order valence-electron chi connectivity index (χ4n) is 4.25. The molecule has 1 aromatic carbocycles. The maximum absolute atomic E-state index is 12.4. The van der Waals surface area contributed by atoms with Gasteiger partial charge in [-0.25, -0.2) is 0 Å². The zero-order valence-electron chi connectivity index (χ0n) is 14.5. The molecule has 1 aromatic rings. The molecule has 4 heteroatoms. The second-order valence-electron chi connectivity index (χ2n) is 7.16. The van der Waals surface area contributed by atoms with Crippen LogP contribution in [0.15, 0.2) is 24.3 Å². The number of hydrogen-bond acceptors (Lipinski definition) is 3. The molecule has 0 saturated carbocycles. The van der Waals surface area contributed by atoms with Crippen molar-refractivity contribution in [3.05, 3.63) is 35.4 Å². The number of hydrogen-bond donors (Lipinski definition) is 2. The van der Waals surface area contributed by atoms with E-state index in [2.05, 4.69) is 34.5 Å². The minimum Gasteiger partial charge on any atom is -0.396 e. The van der Waals surface area contributed by atoms with E-state index in [4.69, 9.17) is 0 Å². The monoisotopic (exact) mass is 330 g/mol. The number of aliphatic hydroxyl groups excluding tert-OH is 1. The van der Waals surface area contributed by atoms with Gasteiger partial charge in [0.1, 0.15) is 0 Å². The smallest absolute Gasteiger partial charge is 0.221 e. The first kappa shape index (κ1) is 17.4. The molecule has 0 radical (unpaired) electrons. The molecule has 3 rings (SSSR count). The lowest BCUT2D eigenvalue weighted by Gasteiger charge is -2.35.